The molecule has 4 rings (SSSR count). The molecule has 1 amide bonds. The van der Waals surface area contributed by atoms with Gasteiger partial charge in [0, 0.05) is 30.3 Å². The van der Waals surface area contributed by atoms with Gasteiger partial charge in [-0.3, -0.25) is 4.79 Å². The number of aryl methyl sites for hydroxylation is 3. The van der Waals surface area contributed by atoms with Crippen molar-refractivity contribution in [1.29, 1.82) is 0 Å². The normalized spacial score (nSPS) is 19.9. The molecule has 1 atom stereocenters. The van der Waals surface area contributed by atoms with Gasteiger partial charge in [-0.05, 0) is 46.0 Å². The van der Waals surface area contributed by atoms with Crippen LogP contribution in [0, 0.1) is 13.8 Å². The van der Waals surface area contributed by atoms with Crippen LogP contribution in [0.3, 0.4) is 0 Å². The van der Waals surface area contributed by atoms with E-state index >= 15 is 0 Å². The number of carbonyl (C=O) groups excluding carboxylic acids is 1. The highest BCUT2D eigenvalue weighted by molar-refractivity contribution is 5.94. The van der Waals surface area contributed by atoms with Gasteiger partial charge in [-0.15, -0.1) is 0 Å². The van der Waals surface area contributed by atoms with Crippen LogP contribution in [0.15, 0.2) is 10.6 Å². The van der Waals surface area contributed by atoms with E-state index in [4.69, 9.17) is 9.26 Å². The van der Waals surface area contributed by atoms with Crippen LogP contribution in [0.4, 0.5) is 0 Å². The number of likely N-dealkylation sites (tertiary alicyclic amines) is 1. The lowest BCUT2D eigenvalue weighted by Gasteiger charge is -2.32. The minimum atomic E-state index is -0.0656. The molecule has 0 bridgehead atoms. The highest BCUT2D eigenvalue weighted by atomic mass is 16.5. The molecule has 1 saturated heterocycles. The molecule has 1 aliphatic heterocycles. The van der Waals surface area contributed by atoms with Gasteiger partial charge in [0.25, 0.3) is 5.91 Å². The second kappa shape index (κ2) is 7.05. The van der Waals surface area contributed by atoms with Crippen molar-refractivity contribution in [2.75, 3.05) is 13.1 Å². The van der Waals surface area contributed by atoms with Crippen molar-refractivity contribution in [3.05, 3.63) is 34.6 Å². The van der Waals surface area contributed by atoms with Crippen LogP contribution in [0.1, 0.15) is 59.0 Å². The van der Waals surface area contributed by atoms with E-state index < -0.39 is 0 Å². The van der Waals surface area contributed by atoms with Crippen LogP contribution in [-0.4, -0.2) is 45.1 Å². The van der Waals surface area contributed by atoms with Crippen LogP contribution in [0.25, 0.3) is 0 Å². The van der Waals surface area contributed by atoms with Gasteiger partial charge >= 0.3 is 0 Å². The summed E-state index contributed by atoms with van der Waals surface area (Å²) in [4.78, 5) is 23.4. The van der Waals surface area contributed by atoms with Crippen LogP contribution in [-0.2, 0) is 12.8 Å². The van der Waals surface area contributed by atoms with Crippen molar-refractivity contribution in [3.63, 3.8) is 0 Å². The van der Waals surface area contributed by atoms with Crippen molar-refractivity contribution in [1.82, 2.24) is 20.0 Å². The second-order valence-electron chi connectivity index (χ2n) is 7.17. The SMILES string of the molecule is Cc1cc(OC2CCCN(C(=O)c3noc4c3CCCC4)C2)nc(C)n1. The Morgan fingerprint density at radius 3 is 2.92 bits per heavy atom. The first-order valence-electron chi connectivity index (χ1n) is 9.36. The van der Waals surface area contributed by atoms with E-state index in [1.165, 1.54) is 0 Å². The molecule has 2 aromatic heterocycles. The summed E-state index contributed by atoms with van der Waals surface area (Å²) in [6.45, 7) is 5.04. The van der Waals surface area contributed by atoms with E-state index in [1.807, 2.05) is 24.8 Å². The highest BCUT2D eigenvalue weighted by Gasteiger charge is 2.31. The molecule has 2 aromatic rings. The summed E-state index contributed by atoms with van der Waals surface area (Å²) in [6.07, 6.45) is 5.70. The zero-order valence-electron chi connectivity index (χ0n) is 15.3. The Morgan fingerprint density at radius 2 is 2.08 bits per heavy atom. The summed E-state index contributed by atoms with van der Waals surface area (Å²) in [5.41, 5.74) is 2.38. The molecule has 1 fully saturated rings. The number of fused-ring (bicyclic) bond motifs is 1. The third-order valence-electron chi connectivity index (χ3n) is 5.05. The predicted octanol–water partition coefficient (Wildman–Crippen LogP) is 2.64. The quantitative estimate of drug-likeness (QED) is 0.841. The fourth-order valence-electron chi connectivity index (χ4n) is 3.84. The first-order valence-corrected chi connectivity index (χ1v) is 9.36. The van der Waals surface area contributed by atoms with E-state index in [2.05, 4.69) is 15.1 Å². The molecule has 3 heterocycles. The summed E-state index contributed by atoms with van der Waals surface area (Å²) >= 11 is 0. The van der Waals surface area contributed by atoms with E-state index in [1.54, 1.807) is 0 Å². The fourth-order valence-corrected chi connectivity index (χ4v) is 3.84. The average Bonchev–Trinajstić information content (AvgIpc) is 3.04. The molecule has 0 N–H and O–H groups in total. The molecule has 2 aliphatic rings. The minimum absolute atomic E-state index is 0.0414. The molecular weight excluding hydrogens is 332 g/mol. The van der Waals surface area contributed by atoms with Gasteiger partial charge in [-0.1, -0.05) is 5.16 Å². The first kappa shape index (κ1) is 17.0. The number of hydrogen-bond donors (Lipinski definition) is 0. The number of piperidine rings is 1. The van der Waals surface area contributed by atoms with Gasteiger partial charge in [-0.2, -0.15) is 4.98 Å². The molecule has 7 heteroatoms. The number of rotatable bonds is 3. The summed E-state index contributed by atoms with van der Waals surface area (Å²) < 4.78 is 11.4. The summed E-state index contributed by atoms with van der Waals surface area (Å²) in [7, 11) is 0. The third-order valence-corrected chi connectivity index (χ3v) is 5.05. The number of nitrogens with zero attached hydrogens (tertiary/aromatic N) is 4. The zero-order chi connectivity index (χ0) is 18.1. The van der Waals surface area contributed by atoms with Crippen molar-refractivity contribution in [2.45, 2.75) is 58.5 Å². The Kier molecular flexibility index (Phi) is 4.61. The third kappa shape index (κ3) is 3.43. The molecule has 0 saturated carbocycles. The average molecular weight is 356 g/mol. The first-order chi connectivity index (χ1) is 12.6. The van der Waals surface area contributed by atoms with Gasteiger partial charge < -0.3 is 14.2 Å². The number of amides is 1. The van der Waals surface area contributed by atoms with Crippen molar-refractivity contribution < 1.29 is 14.1 Å². The standard InChI is InChI=1S/C19H24N4O3/c1-12-10-17(21-13(2)20-12)25-14-6-5-9-23(11-14)19(24)18-15-7-3-4-8-16(15)26-22-18/h10,14H,3-9,11H2,1-2H3. The number of hydrogen-bond acceptors (Lipinski definition) is 6. The van der Waals surface area contributed by atoms with Crippen molar-refractivity contribution in [3.8, 4) is 5.88 Å². The van der Waals surface area contributed by atoms with Crippen molar-refractivity contribution in [2.24, 2.45) is 0 Å². The van der Waals surface area contributed by atoms with Crippen LogP contribution >= 0.6 is 0 Å². The predicted molar refractivity (Wildman–Crippen MR) is 94.2 cm³/mol. The van der Waals surface area contributed by atoms with E-state index in [9.17, 15) is 4.79 Å². The van der Waals surface area contributed by atoms with Crippen LogP contribution < -0.4 is 4.74 Å². The van der Waals surface area contributed by atoms with Crippen molar-refractivity contribution >= 4 is 5.91 Å². The van der Waals surface area contributed by atoms with E-state index in [0.29, 0.717) is 23.9 Å². The lowest BCUT2D eigenvalue weighted by atomic mass is 9.96. The lowest BCUT2D eigenvalue weighted by Crippen LogP contribution is -2.44. The Balaban J connectivity index is 1.46. The molecule has 0 radical (unpaired) electrons. The summed E-state index contributed by atoms with van der Waals surface area (Å²) in [5.74, 6) is 2.11. The van der Waals surface area contributed by atoms with Gasteiger partial charge in [0.2, 0.25) is 5.88 Å². The molecule has 0 aromatic carbocycles. The fraction of sp³-hybridized carbons (Fsp3) is 0.579. The maximum atomic E-state index is 13.0. The number of carbonyl (C=O) groups is 1. The minimum Gasteiger partial charge on any atom is -0.472 e. The van der Waals surface area contributed by atoms with Gasteiger partial charge in [0.1, 0.15) is 17.7 Å². The molecule has 0 spiro atoms. The number of ether oxygens (including phenoxy) is 1. The van der Waals surface area contributed by atoms with E-state index in [-0.39, 0.29) is 12.0 Å². The second-order valence-corrected chi connectivity index (χ2v) is 7.17. The summed E-state index contributed by atoms with van der Waals surface area (Å²) in [5, 5.41) is 4.08. The Morgan fingerprint density at radius 1 is 1.23 bits per heavy atom. The van der Waals surface area contributed by atoms with Gasteiger partial charge in [-0.25, -0.2) is 4.98 Å². The molecule has 138 valence electrons. The Labute approximate surface area is 152 Å². The maximum Gasteiger partial charge on any atom is 0.276 e. The molecular formula is C19H24N4O3. The van der Waals surface area contributed by atoms with Gasteiger partial charge in [0.05, 0.1) is 6.54 Å². The lowest BCUT2D eigenvalue weighted by molar-refractivity contribution is 0.0517. The number of aromatic nitrogens is 3. The highest BCUT2D eigenvalue weighted by Crippen LogP contribution is 2.26. The molecule has 26 heavy (non-hydrogen) atoms. The largest absolute Gasteiger partial charge is 0.472 e. The smallest absolute Gasteiger partial charge is 0.276 e. The molecule has 1 aliphatic carbocycles. The Bertz CT molecular complexity index is 797. The maximum absolute atomic E-state index is 13.0. The van der Waals surface area contributed by atoms with Gasteiger partial charge in [0.15, 0.2) is 5.69 Å². The molecule has 1 unspecified atom stereocenters. The molecule has 7 nitrogen and oxygen atoms in total. The zero-order valence-corrected chi connectivity index (χ0v) is 15.3. The van der Waals surface area contributed by atoms with Crippen LogP contribution in [0.5, 0.6) is 5.88 Å². The topological polar surface area (TPSA) is 81.4 Å². The van der Waals surface area contributed by atoms with E-state index in [0.717, 1.165) is 62.1 Å². The summed E-state index contributed by atoms with van der Waals surface area (Å²) in [6, 6.07) is 1.84. The monoisotopic (exact) mass is 356 g/mol. The Hall–Kier alpha value is -2.44. The van der Waals surface area contributed by atoms with Crippen LogP contribution in [0.2, 0.25) is 0 Å².